The summed E-state index contributed by atoms with van der Waals surface area (Å²) in [5.74, 6) is 0. The van der Waals surface area contributed by atoms with Crippen molar-refractivity contribution >= 4 is 23.2 Å². The minimum absolute atomic E-state index is 0.0603. The zero-order chi connectivity index (χ0) is 13.7. The molecular formula is C16H17Cl2N. The number of halogens is 2. The average molecular weight is 294 g/mol. The Kier molecular flexibility index (Phi) is 5.26. The lowest BCUT2D eigenvalue weighted by atomic mass is 10.00. The Morgan fingerprint density at radius 3 is 2.47 bits per heavy atom. The van der Waals surface area contributed by atoms with E-state index in [0.29, 0.717) is 10.0 Å². The molecule has 0 radical (unpaired) electrons. The van der Waals surface area contributed by atoms with Gasteiger partial charge in [-0.05, 0) is 48.6 Å². The normalized spacial score (nSPS) is 12.4. The van der Waals surface area contributed by atoms with Gasteiger partial charge in [-0.3, -0.25) is 0 Å². The van der Waals surface area contributed by atoms with Crippen molar-refractivity contribution in [2.24, 2.45) is 5.73 Å². The van der Waals surface area contributed by atoms with Crippen LogP contribution in [0.4, 0.5) is 0 Å². The molecule has 0 heterocycles. The van der Waals surface area contributed by atoms with Gasteiger partial charge in [0, 0.05) is 16.1 Å². The van der Waals surface area contributed by atoms with Gasteiger partial charge in [0.05, 0.1) is 0 Å². The van der Waals surface area contributed by atoms with E-state index in [1.54, 1.807) is 12.1 Å². The lowest BCUT2D eigenvalue weighted by Gasteiger charge is -2.14. The maximum absolute atomic E-state index is 6.19. The molecule has 1 unspecified atom stereocenters. The van der Waals surface area contributed by atoms with Crippen LogP contribution in [0.15, 0.2) is 48.5 Å². The number of rotatable bonds is 5. The molecule has 0 spiro atoms. The largest absolute Gasteiger partial charge is 0.324 e. The van der Waals surface area contributed by atoms with E-state index >= 15 is 0 Å². The Morgan fingerprint density at radius 2 is 1.74 bits per heavy atom. The molecule has 0 saturated carbocycles. The van der Waals surface area contributed by atoms with E-state index in [4.69, 9.17) is 28.9 Å². The van der Waals surface area contributed by atoms with Crippen LogP contribution in [0.1, 0.15) is 30.0 Å². The van der Waals surface area contributed by atoms with Gasteiger partial charge in [0.2, 0.25) is 0 Å². The van der Waals surface area contributed by atoms with Crippen LogP contribution in [0.5, 0.6) is 0 Å². The van der Waals surface area contributed by atoms with Crippen LogP contribution in [0.2, 0.25) is 10.0 Å². The summed E-state index contributed by atoms with van der Waals surface area (Å²) in [6.07, 6.45) is 2.97. The van der Waals surface area contributed by atoms with Crippen molar-refractivity contribution < 1.29 is 0 Å². The van der Waals surface area contributed by atoms with Crippen LogP contribution in [-0.4, -0.2) is 0 Å². The van der Waals surface area contributed by atoms with Gasteiger partial charge in [0.1, 0.15) is 0 Å². The van der Waals surface area contributed by atoms with Crippen LogP contribution in [0, 0.1) is 0 Å². The predicted molar refractivity (Wildman–Crippen MR) is 82.8 cm³/mol. The second-order valence-corrected chi connectivity index (χ2v) is 5.49. The Hall–Kier alpha value is -1.02. The summed E-state index contributed by atoms with van der Waals surface area (Å²) < 4.78 is 0. The maximum atomic E-state index is 6.19. The Labute approximate surface area is 124 Å². The first-order valence-electron chi connectivity index (χ1n) is 6.41. The number of hydrogen-bond donors (Lipinski definition) is 1. The van der Waals surface area contributed by atoms with E-state index in [-0.39, 0.29) is 6.04 Å². The molecule has 19 heavy (non-hydrogen) atoms. The van der Waals surface area contributed by atoms with Gasteiger partial charge in [0.15, 0.2) is 0 Å². The molecule has 0 bridgehead atoms. The van der Waals surface area contributed by atoms with Crippen molar-refractivity contribution in [1.82, 2.24) is 0 Å². The monoisotopic (exact) mass is 293 g/mol. The molecule has 2 rings (SSSR count). The molecule has 0 aliphatic rings. The van der Waals surface area contributed by atoms with Crippen molar-refractivity contribution in [3.8, 4) is 0 Å². The summed E-state index contributed by atoms with van der Waals surface area (Å²) in [7, 11) is 0. The summed E-state index contributed by atoms with van der Waals surface area (Å²) in [6, 6.07) is 15.8. The molecule has 1 atom stereocenters. The third-order valence-corrected chi connectivity index (χ3v) is 3.76. The summed E-state index contributed by atoms with van der Waals surface area (Å²) in [6.45, 7) is 0. The van der Waals surface area contributed by atoms with Crippen LogP contribution in [0.25, 0.3) is 0 Å². The second-order valence-electron chi connectivity index (χ2n) is 4.65. The molecule has 0 aromatic heterocycles. The van der Waals surface area contributed by atoms with Crippen LogP contribution in [0.3, 0.4) is 0 Å². The van der Waals surface area contributed by atoms with E-state index in [9.17, 15) is 0 Å². The molecule has 0 saturated heterocycles. The number of aryl methyl sites for hydroxylation is 1. The minimum atomic E-state index is -0.0603. The first-order chi connectivity index (χ1) is 9.16. The van der Waals surface area contributed by atoms with Gasteiger partial charge >= 0.3 is 0 Å². The van der Waals surface area contributed by atoms with E-state index in [1.165, 1.54) is 5.56 Å². The predicted octanol–water partition coefficient (Wildman–Crippen LogP) is 5.02. The third kappa shape index (κ3) is 4.24. The zero-order valence-electron chi connectivity index (χ0n) is 10.7. The SMILES string of the molecule is NC(CCCc1ccccc1)c1cc(Cl)ccc1Cl. The highest BCUT2D eigenvalue weighted by Gasteiger charge is 2.10. The molecule has 0 fully saturated rings. The standard InChI is InChI=1S/C16H17Cl2N/c17-13-9-10-15(18)14(11-13)16(19)8-4-7-12-5-2-1-3-6-12/h1-3,5-6,9-11,16H,4,7-8,19H2. The fraction of sp³-hybridized carbons (Fsp3) is 0.250. The van der Waals surface area contributed by atoms with Gasteiger partial charge in [0.25, 0.3) is 0 Å². The third-order valence-electron chi connectivity index (χ3n) is 3.18. The summed E-state index contributed by atoms with van der Waals surface area (Å²) in [4.78, 5) is 0. The van der Waals surface area contributed by atoms with Gasteiger partial charge < -0.3 is 5.73 Å². The highest BCUT2D eigenvalue weighted by molar-refractivity contribution is 6.33. The summed E-state index contributed by atoms with van der Waals surface area (Å²) >= 11 is 12.1. The van der Waals surface area contributed by atoms with Crippen molar-refractivity contribution in [3.05, 3.63) is 69.7 Å². The zero-order valence-corrected chi connectivity index (χ0v) is 12.2. The number of benzene rings is 2. The molecule has 0 aliphatic heterocycles. The fourth-order valence-corrected chi connectivity index (χ4v) is 2.56. The smallest absolute Gasteiger partial charge is 0.0454 e. The van der Waals surface area contributed by atoms with E-state index in [1.807, 2.05) is 12.1 Å². The molecule has 2 aromatic carbocycles. The first-order valence-corrected chi connectivity index (χ1v) is 7.17. The van der Waals surface area contributed by atoms with E-state index in [2.05, 4.69) is 24.3 Å². The van der Waals surface area contributed by atoms with Gasteiger partial charge in [-0.2, -0.15) is 0 Å². The van der Waals surface area contributed by atoms with Crippen molar-refractivity contribution in [2.75, 3.05) is 0 Å². The Bertz CT molecular complexity index is 526. The second kappa shape index (κ2) is 6.95. The highest BCUT2D eigenvalue weighted by atomic mass is 35.5. The molecule has 0 amide bonds. The topological polar surface area (TPSA) is 26.0 Å². The van der Waals surface area contributed by atoms with Crippen LogP contribution >= 0.6 is 23.2 Å². The molecule has 100 valence electrons. The fourth-order valence-electron chi connectivity index (χ4n) is 2.13. The number of nitrogens with two attached hydrogens (primary N) is 1. The van der Waals surface area contributed by atoms with Gasteiger partial charge in [-0.25, -0.2) is 0 Å². The lowest BCUT2D eigenvalue weighted by Crippen LogP contribution is -2.11. The quantitative estimate of drug-likeness (QED) is 0.823. The molecule has 1 nitrogen and oxygen atoms in total. The van der Waals surface area contributed by atoms with Crippen LogP contribution < -0.4 is 5.73 Å². The lowest BCUT2D eigenvalue weighted by molar-refractivity contribution is 0.611. The van der Waals surface area contributed by atoms with Crippen molar-refractivity contribution in [3.63, 3.8) is 0 Å². The molecule has 2 N–H and O–H groups in total. The van der Waals surface area contributed by atoms with E-state index in [0.717, 1.165) is 24.8 Å². The molecule has 0 aliphatic carbocycles. The van der Waals surface area contributed by atoms with Crippen LogP contribution in [-0.2, 0) is 6.42 Å². The molecule has 2 aromatic rings. The number of hydrogen-bond acceptors (Lipinski definition) is 1. The van der Waals surface area contributed by atoms with E-state index < -0.39 is 0 Å². The average Bonchev–Trinajstić information content (AvgIpc) is 2.42. The molecular weight excluding hydrogens is 277 g/mol. The van der Waals surface area contributed by atoms with Gasteiger partial charge in [-0.1, -0.05) is 53.5 Å². The summed E-state index contributed by atoms with van der Waals surface area (Å²) in [5.41, 5.74) is 8.46. The first kappa shape index (κ1) is 14.4. The summed E-state index contributed by atoms with van der Waals surface area (Å²) in [5, 5.41) is 1.37. The highest BCUT2D eigenvalue weighted by Crippen LogP contribution is 2.27. The Morgan fingerprint density at radius 1 is 1.00 bits per heavy atom. The minimum Gasteiger partial charge on any atom is -0.324 e. The van der Waals surface area contributed by atoms with Crippen molar-refractivity contribution in [2.45, 2.75) is 25.3 Å². The maximum Gasteiger partial charge on any atom is 0.0454 e. The Balaban J connectivity index is 1.91. The molecule has 3 heteroatoms. The van der Waals surface area contributed by atoms with Crippen molar-refractivity contribution in [1.29, 1.82) is 0 Å². The van der Waals surface area contributed by atoms with Gasteiger partial charge in [-0.15, -0.1) is 0 Å².